The highest BCUT2D eigenvalue weighted by molar-refractivity contribution is 6.30. The van der Waals surface area contributed by atoms with Crippen LogP contribution in [0.4, 0.5) is 10.1 Å². The first-order valence-corrected chi connectivity index (χ1v) is 9.35. The molecule has 1 amide bonds. The smallest absolute Gasteiger partial charge is 0.227 e. The van der Waals surface area contributed by atoms with Crippen LogP contribution in [0.15, 0.2) is 36.4 Å². The number of amides is 1. The maximum absolute atomic E-state index is 13.9. The van der Waals surface area contributed by atoms with Crippen LogP contribution in [-0.4, -0.2) is 23.9 Å². The minimum absolute atomic E-state index is 0.00114. The fourth-order valence-electron chi connectivity index (χ4n) is 3.37. The minimum atomic E-state index is -0.271. The predicted molar refractivity (Wildman–Crippen MR) is 104 cm³/mol. The Balaban J connectivity index is 1.54. The van der Waals surface area contributed by atoms with Gasteiger partial charge in [-0.3, -0.25) is 9.69 Å². The number of nitrogens with zero attached hydrogens (tertiary/aromatic N) is 1. The van der Waals surface area contributed by atoms with Gasteiger partial charge in [0.1, 0.15) is 5.82 Å². The third-order valence-corrected chi connectivity index (χ3v) is 5.47. The number of likely N-dealkylation sites (tertiary alicyclic amines) is 1. The van der Waals surface area contributed by atoms with Gasteiger partial charge in [-0.2, -0.15) is 0 Å². The zero-order chi connectivity index (χ0) is 18.7. The summed E-state index contributed by atoms with van der Waals surface area (Å²) < 4.78 is 13.9. The monoisotopic (exact) mass is 374 g/mol. The van der Waals surface area contributed by atoms with Crippen molar-refractivity contribution in [2.75, 3.05) is 18.4 Å². The van der Waals surface area contributed by atoms with E-state index in [1.165, 1.54) is 11.6 Å². The summed E-state index contributed by atoms with van der Waals surface area (Å²) in [5, 5.41) is 3.48. The molecule has 1 heterocycles. The topological polar surface area (TPSA) is 32.3 Å². The molecule has 1 aliphatic heterocycles. The number of hydrogen-bond acceptors (Lipinski definition) is 2. The van der Waals surface area contributed by atoms with E-state index in [9.17, 15) is 9.18 Å². The van der Waals surface area contributed by atoms with Crippen molar-refractivity contribution in [1.82, 2.24) is 4.90 Å². The number of nitrogens with one attached hydrogen (secondary N) is 1. The first-order valence-electron chi connectivity index (χ1n) is 8.97. The molecular weight excluding hydrogens is 351 g/mol. The minimum Gasteiger partial charge on any atom is -0.326 e. The highest BCUT2D eigenvalue weighted by Gasteiger charge is 2.25. The summed E-state index contributed by atoms with van der Waals surface area (Å²) in [6, 6.07) is 10.7. The number of halogens is 2. The lowest BCUT2D eigenvalue weighted by Gasteiger charge is -2.31. The number of piperidine rings is 1. The number of anilines is 1. The van der Waals surface area contributed by atoms with E-state index < -0.39 is 0 Å². The summed E-state index contributed by atoms with van der Waals surface area (Å²) in [4.78, 5) is 14.8. The second-order valence-corrected chi connectivity index (χ2v) is 7.46. The van der Waals surface area contributed by atoms with Gasteiger partial charge in [0.25, 0.3) is 0 Å². The standard InChI is InChI=1S/C21H24ClFN2O/c1-14-4-3-5-20(15(14)2)24-21(26)16-8-10-25(11-9-16)13-17-6-7-18(22)12-19(17)23/h3-7,12,16H,8-11,13H2,1-2H3,(H,24,26). The van der Waals surface area contributed by atoms with Gasteiger partial charge >= 0.3 is 0 Å². The maximum atomic E-state index is 13.9. The third kappa shape index (κ3) is 4.43. The van der Waals surface area contributed by atoms with Crippen LogP contribution in [0.1, 0.15) is 29.5 Å². The SMILES string of the molecule is Cc1cccc(NC(=O)C2CCN(Cc3ccc(Cl)cc3F)CC2)c1C. The Kier molecular flexibility index (Phi) is 5.94. The largest absolute Gasteiger partial charge is 0.326 e. The van der Waals surface area contributed by atoms with E-state index in [1.807, 2.05) is 32.0 Å². The molecule has 0 unspecified atom stereocenters. The molecule has 1 aliphatic rings. The number of carbonyl (C=O) groups is 1. The molecule has 3 nitrogen and oxygen atoms in total. The van der Waals surface area contributed by atoms with Crippen LogP contribution in [0.25, 0.3) is 0 Å². The summed E-state index contributed by atoms with van der Waals surface area (Å²) in [6.45, 7) is 6.18. The van der Waals surface area contributed by atoms with Crippen molar-refractivity contribution in [1.29, 1.82) is 0 Å². The van der Waals surface area contributed by atoms with Gasteiger partial charge in [-0.1, -0.05) is 29.8 Å². The molecule has 2 aromatic carbocycles. The molecule has 0 spiro atoms. The second-order valence-electron chi connectivity index (χ2n) is 7.02. The van der Waals surface area contributed by atoms with E-state index in [4.69, 9.17) is 11.6 Å². The molecule has 26 heavy (non-hydrogen) atoms. The van der Waals surface area contributed by atoms with Gasteiger partial charge < -0.3 is 5.32 Å². The van der Waals surface area contributed by atoms with Crippen molar-refractivity contribution in [3.63, 3.8) is 0 Å². The van der Waals surface area contributed by atoms with Crippen LogP contribution in [0.2, 0.25) is 5.02 Å². The van der Waals surface area contributed by atoms with E-state index in [-0.39, 0.29) is 17.6 Å². The number of rotatable bonds is 4. The van der Waals surface area contributed by atoms with Gasteiger partial charge in [-0.05, 0) is 69.1 Å². The number of carbonyl (C=O) groups excluding carboxylic acids is 1. The molecule has 2 aromatic rings. The molecule has 138 valence electrons. The van der Waals surface area contributed by atoms with Crippen molar-refractivity contribution in [2.24, 2.45) is 5.92 Å². The van der Waals surface area contributed by atoms with Crippen molar-refractivity contribution < 1.29 is 9.18 Å². The molecule has 0 radical (unpaired) electrons. The van der Waals surface area contributed by atoms with E-state index in [0.29, 0.717) is 17.1 Å². The summed E-state index contributed by atoms with van der Waals surface area (Å²) >= 11 is 5.80. The Morgan fingerprint density at radius 2 is 1.96 bits per heavy atom. The summed E-state index contributed by atoms with van der Waals surface area (Å²) in [7, 11) is 0. The normalized spacial score (nSPS) is 15.8. The van der Waals surface area contributed by atoms with Gasteiger partial charge in [0.05, 0.1) is 0 Å². The lowest BCUT2D eigenvalue weighted by Crippen LogP contribution is -2.38. The molecule has 1 fully saturated rings. The van der Waals surface area contributed by atoms with Gasteiger partial charge in [0.2, 0.25) is 5.91 Å². The fraction of sp³-hybridized carbons (Fsp3) is 0.381. The van der Waals surface area contributed by atoms with Gasteiger partial charge in [0.15, 0.2) is 0 Å². The Morgan fingerprint density at radius 3 is 2.65 bits per heavy atom. The third-order valence-electron chi connectivity index (χ3n) is 5.23. The van der Waals surface area contributed by atoms with E-state index in [0.717, 1.165) is 37.2 Å². The Bertz CT molecular complexity index is 801. The average molecular weight is 375 g/mol. The van der Waals surface area contributed by atoms with Gasteiger partial charge in [0, 0.05) is 28.7 Å². The fourth-order valence-corrected chi connectivity index (χ4v) is 3.52. The van der Waals surface area contributed by atoms with Crippen molar-refractivity contribution in [3.05, 3.63) is 63.9 Å². The molecule has 0 aromatic heterocycles. The molecule has 5 heteroatoms. The number of hydrogen-bond donors (Lipinski definition) is 1. The average Bonchev–Trinajstić information content (AvgIpc) is 2.62. The summed E-state index contributed by atoms with van der Waals surface area (Å²) in [5.74, 6) is -0.190. The lowest BCUT2D eigenvalue weighted by molar-refractivity contribution is -0.121. The molecule has 1 saturated heterocycles. The highest BCUT2D eigenvalue weighted by Crippen LogP contribution is 2.24. The summed E-state index contributed by atoms with van der Waals surface area (Å²) in [6.07, 6.45) is 1.57. The van der Waals surface area contributed by atoms with E-state index >= 15 is 0 Å². The molecule has 0 saturated carbocycles. The highest BCUT2D eigenvalue weighted by atomic mass is 35.5. The maximum Gasteiger partial charge on any atom is 0.227 e. The van der Waals surface area contributed by atoms with Crippen molar-refractivity contribution in [2.45, 2.75) is 33.2 Å². The molecule has 0 bridgehead atoms. The molecule has 0 aliphatic carbocycles. The van der Waals surface area contributed by atoms with Crippen molar-refractivity contribution >= 4 is 23.2 Å². The van der Waals surface area contributed by atoms with Gasteiger partial charge in [-0.15, -0.1) is 0 Å². The van der Waals surface area contributed by atoms with E-state index in [2.05, 4.69) is 10.2 Å². The van der Waals surface area contributed by atoms with Gasteiger partial charge in [-0.25, -0.2) is 4.39 Å². The second kappa shape index (κ2) is 8.19. The predicted octanol–water partition coefficient (Wildman–Crippen LogP) is 4.95. The number of benzene rings is 2. The Morgan fingerprint density at radius 1 is 1.23 bits per heavy atom. The van der Waals surface area contributed by atoms with Crippen molar-refractivity contribution in [3.8, 4) is 0 Å². The summed E-state index contributed by atoms with van der Waals surface area (Å²) in [5.41, 5.74) is 3.81. The molecule has 0 atom stereocenters. The zero-order valence-electron chi connectivity index (χ0n) is 15.2. The first-order chi connectivity index (χ1) is 12.4. The Hall–Kier alpha value is -1.91. The molecule has 3 rings (SSSR count). The van der Waals surface area contributed by atoms with Crippen LogP contribution >= 0.6 is 11.6 Å². The van der Waals surface area contributed by atoms with Crippen LogP contribution in [-0.2, 0) is 11.3 Å². The van der Waals surface area contributed by atoms with Crippen LogP contribution < -0.4 is 5.32 Å². The Labute approximate surface area is 159 Å². The molecule has 1 N–H and O–H groups in total. The van der Waals surface area contributed by atoms with Crippen LogP contribution in [0.3, 0.4) is 0 Å². The van der Waals surface area contributed by atoms with Crippen LogP contribution in [0.5, 0.6) is 0 Å². The number of aryl methyl sites for hydroxylation is 1. The van der Waals surface area contributed by atoms with E-state index in [1.54, 1.807) is 12.1 Å². The first kappa shape index (κ1) is 18.9. The zero-order valence-corrected chi connectivity index (χ0v) is 15.9. The lowest BCUT2D eigenvalue weighted by atomic mass is 9.95. The molecular formula is C21H24ClFN2O. The quantitative estimate of drug-likeness (QED) is 0.821. The van der Waals surface area contributed by atoms with Crippen LogP contribution in [0, 0.1) is 25.6 Å².